The van der Waals surface area contributed by atoms with Gasteiger partial charge in [-0.15, -0.1) is 0 Å². The van der Waals surface area contributed by atoms with Crippen molar-refractivity contribution in [1.82, 2.24) is 9.55 Å². The van der Waals surface area contributed by atoms with Crippen molar-refractivity contribution in [1.29, 1.82) is 0 Å². The third-order valence-corrected chi connectivity index (χ3v) is 4.43. The average molecular weight is 250 g/mol. The van der Waals surface area contributed by atoms with Gasteiger partial charge in [0.25, 0.3) is 0 Å². The van der Waals surface area contributed by atoms with Gasteiger partial charge in [0.2, 0.25) is 0 Å². The Bertz CT molecular complexity index is 386. The van der Waals surface area contributed by atoms with Gasteiger partial charge in [0.15, 0.2) is 0 Å². The van der Waals surface area contributed by atoms with Crippen molar-refractivity contribution in [2.24, 2.45) is 11.8 Å². The molecule has 0 saturated heterocycles. The van der Waals surface area contributed by atoms with Crippen LogP contribution in [0.4, 0.5) is 0 Å². The molecule has 3 heteroatoms. The van der Waals surface area contributed by atoms with Gasteiger partial charge in [0.05, 0.1) is 5.60 Å². The molecule has 1 fully saturated rings. The molecule has 2 unspecified atom stereocenters. The standard InChI is InChI=1S/C15H26N2O/c1-4-17-9-8-16-14(17)11-15(18)7-5-6-13(10-15)12(2)3/h8-9,12-13,18H,4-7,10-11H2,1-3H3. The van der Waals surface area contributed by atoms with E-state index in [1.165, 1.54) is 6.42 Å². The maximum atomic E-state index is 10.8. The normalized spacial score (nSPS) is 28.8. The monoisotopic (exact) mass is 250 g/mol. The smallest absolute Gasteiger partial charge is 0.111 e. The number of imidazole rings is 1. The molecule has 102 valence electrons. The van der Waals surface area contributed by atoms with Crippen LogP contribution in [0.25, 0.3) is 0 Å². The summed E-state index contributed by atoms with van der Waals surface area (Å²) in [4.78, 5) is 4.40. The number of hydrogen-bond donors (Lipinski definition) is 1. The molecule has 1 aromatic heterocycles. The van der Waals surface area contributed by atoms with E-state index in [-0.39, 0.29) is 0 Å². The van der Waals surface area contributed by atoms with Crippen molar-refractivity contribution in [3.63, 3.8) is 0 Å². The minimum absolute atomic E-state index is 0.536. The van der Waals surface area contributed by atoms with Gasteiger partial charge in [-0.25, -0.2) is 4.98 Å². The molecule has 1 N–H and O–H groups in total. The largest absolute Gasteiger partial charge is 0.389 e. The first-order chi connectivity index (χ1) is 8.54. The molecule has 0 aromatic carbocycles. The highest BCUT2D eigenvalue weighted by molar-refractivity contribution is 5.01. The molecule has 0 bridgehead atoms. The second-order valence-corrected chi connectivity index (χ2v) is 6.13. The highest BCUT2D eigenvalue weighted by Crippen LogP contribution is 2.38. The van der Waals surface area contributed by atoms with Crippen LogP contribution in [-0.4, -0.2) is 20.3 Å². The Morgan fingerprint density at radius 1 is 1.56 bits per heavy atom. The number of aryl methyl sites for hydroxylation is 1. The molecule has 3 nitrogen and oxygen atoms in total. The van der Waals surface area contributed by atoms with Gasteiger partial charge >= 0.3 is 0 Å². The summed E-state index contributed by atoms with van der Waals surface area (Å²) in [5.41, 5.74) is -0.536. The molecule has 2 atom stereocenters. The Labute approximate surface area is 110 Å². The predicted molar refractivity (Wildman–Crippen MR) is 73.4 cm³/mol. The molecule has 1 aliphatic rings. The van der Waals surface area contributed by atoms with E-state index >= 15 is 0 Å². The van der Waals surface area contributed by atoms with Gasteiger partial charge in [0.1, 0.15) is 5.82 Å². The van der Waals surface area contributed by atoms with Crippen LogP contribution in [-0.2, 0) is 13.0 Å². The lowest BCUT2D eigenvalue weighted by molar-refractivity contribution is -0.0259. The lowest BCUT2D eigenvalue weighted by Gasteiger charge is -2.38. The van der Waals surface area contributed by atoms with Crippen LogP contribution in [0.5, 0.6) is 0 Å². The minimum Gasteiger partial charge on any atom is -0.389 e. The van der Waals surface area contributed by atoms with Crippen LogP contribution in [0.3, 0.4) is 0 Å². The van der Waals surface area contributed by atoms with Gasteiger partial charge in [-0.1, -0.05) is 20.3 Å². The van der Waals surface area contributed by atoms with Crippen molar-refractivity contribution >= 4 is 0 Å². The molecule has 0 spiro atoms. The quantitative estimate of drug-likeness (QED) is 0.892. The number of hydrogen-bond acceptors (Lipinski definition) is 2. The van der Waals surface area contributed by atoms with Crippen molar-refractivity contribution in [2.75, 3.05) is 0 Å². The zero-order valence-electron chi connectivity index (χ0n) is 11.9. The van der Waals surface area contributed by atoms with Crippen LogP contribution in [0.15, 0.2) is 12.4 Å². The molecular weight excluding hydrogens is 224 g/mol. The lowest BCUT2D eigenvalue weighted by atomic mass is 9.72. The van der Waals surface area contributed by atoms with E-state index in [2.05, 4.69) is 30.3 Å². The van der Waals surface area contributed by atoms with E-state index in [0.29, 0.717) is 18.3 Å². The Morgan fingerprint density at radius 3 is 3.00 bits per heavy atom. The Kier molecular flexibility index (Phi) is 4.10. The van der Waals surface area contributed by atoms with Gasteiger partial charge in [-0.3, -0.25) is 0 Å². The summed E-state index contributed by atoms with van der Waals surface area (Å²) < 4.78 is 2.14. The summed E-state index contributed by atoms with van der Waals surface area (Å²) >= 11 is 0. The number of rotatable bonds is 4. The number of nitrogens with zero attached hydrogens (tertiary/aromatic N) is 2. The number of aliphatic hydroxyl groups is 1. The molecule has 1 aliphatic carbocycles. The van der Waals surface area contributed by atoms with E-state index < -0.39 is 5.60 Å². The first kappa shape index (κ1) is 13.6. The Balaban J connectivity index is 2.07. The van der Waals surface area contributed by atoms with E-state index in [9.17, 15) is 5.11 Å². The zero-order chi connectivity index (χ0) is 13.2. The highest BCUT2D eigenvalue weighted by atomic mass is 16.3. The van der Waals surface area contributed by atoms with Crippen LogP contribution < -0.4 is 0 Å². The molecule has 1 heterocycles. The van der Waals surface area contributed by atoms with Crippen molar-refractivity contribution in [2.45, 2.75) is 65.0 Å². The summed E-state index contributed by atoms with van der Waals surface area (Å²) in [6.07, 6.45) is 8.81. The maximum absolute atomic E-state index is 10.8. The summed E-state index contributed by atoms with van der Waals surface area (Å²) in [5.74, 6) is 2.36. The molecule has 0 aliphatic heterocycles. The predicted octanol–water partition coefficient (Wildman–Crippen LogP) is 3.02. The fourth-order valence-corrected chi connectivity index (χ4v) is 3.20. The second kappa shape index (κ2) is 5.43. The lowest BCUT2D eigenvalue weighted by Crippen LogP contribution is -2.39. The van der Waals surface area contributed by atoms with Crippen LogP contribution in [0, 0.1) is 11.8 Å². The summed E-state index contributed by atoms with van der Waals surface area (Å²) in [6.45, 7) is 7.58. The summed E-state index contributed by atoms with van der Waals surface area (Å²) in [6, 6.07) is 0. The van der Waals surface area contributed by atoms with Gasteiger partial charge in [-0.2, -0.15) is 0 Å². The van der Waals surface area contributed by atoms with E-state index in [1.54, 1.807) is 0 Å². The first-order valence-corrected chi connectivity index (χ1v) is 7.26. The third-order valence-electron chi connectivity index (χ3n) is 4.43. The number of aromatic nitrogens is 2. The highest BCUT2D eigenvalue weighted by Gasteiger charge is 2.36. The minimum atomic E-state index is -0.536. The van der Waals surface area contributed by atoms with Gasteiger partial charge in [0, 0.05) is 25.4 Å². The van der Waals surface area contributed by atoms with Crippen LogP contribution >= 0.6 is 0 Å². The fourth-order valence-electron chi connectivity index (χ4n) is 3.20. The third kappa shape index (κ3) is 2.94. The van der Waals surface area contributed by atoms with Crippen molar-refractivity contribution in [3.8, 4) is 0 Å². The van der Waals surface area contributed by atoms with E-state index in [0.717, 1.165) is 31.6 Å². The van der Waals surface area contributed by atoms with E-state index in [1.807, 2.05) is 12.4 Å². The molecule has 0 amide bonds. The molecule has 18 heavy (non-hydrogen) atoms. The van der Waals surface area contributed by atoms with E-state index in [4.69, 9.17) is 0 Å². The summed E-state index contributed by atoms with van der Waals surface area (Å²) in [7, 11) is 0. The first-order valence-electron chi connectivity index (χ1n) is 7.26. The Hall–Kier alpha value is -0.830. The molecular formula is C15H26N2O. The topological polar surface area (TPSA) is 38.0 Å². The zero-order valence-corrected chi connectivity index (χ0v) is 11.9. The second-order valence-electron chi connectivity index (χ2n) is 6.13. The average Bonchev–Trinajstić information content (AvgIpc) is 2.75. The summed E-state index contributed by atoms with van der Waals surface area (Å²) in [5, 5.41) is 10.8. The maximum Gasteiger partial charge on any atom is 0.111 e. The van der Waals surface area contributed by atoms with Crippen molar-refractivity contribution in [3.05, 3.63) is 18.2 Å². The fraction of sp³-hybridized carbons (Fsp3) is 0.800. The van der Waals surface area contributed by atoms with Crippen LogP contribution in [0.1, 0.15) is 52.3 Å². The molecule has 0 radical (unpaired) electrons. The SMILES string of the molecule is CCn1ccnc1CC1(O)CCCC(C(C)C)C1. The molecule has 1 saturated carbocycles. The van der Waals surface area contributed by atoms with Crippen molar-refractivity contribution < 1.29 is 5.11 Å². The molecule has 1 aromatic rings. The Morgan fingerprint density at radius 2 is 2.33 bits per heavy atom. The van der Waals surface area contributed by atoms with Gasteiger partial charge < -0.3 is 9.67 Å². The van der Waals surface area contributed by atoms with Crippen LogP contribution in [0.2, 0.25) is 0 Å². The van der Waals surface area contributed by atoms with Gasteiger partial charge in [-0.05, 0) is 38.0 Å². The molecule has 2 rings (SSSR count).